The van der Waals surface area contributed by atoms with Crippen molar-refractivity contribution in [2.45, 2.75) is 6.54 Å². The Bertz CT molecular complexity index is 424. The zero-order valence-electron chi connectivity index (χ0n) is 8.40. The summed E-state index contributed by atoms with van der Waals surface area (Å²) in [6.07, 6.45) is 0. The van der Waals surface area contributed by atoms with Crippen LogP contribution in [-0.4, -0.2) is 0 Å². The van der Waals surface area contributed by atoms with Gasteiger partial charge in [-0.1, -0.05) is 36.4 Å². The molecule has 0 saturated carbocycles. The fraction of sp³-hybridized carbons (Fsp3) is 0.0769. The minimum Gasteiger partial charge on any atom is -0.397 e. The van der Waals surface area contributed by atoms with Crippen LogP contribution in [0.3, 0.4) is 0 Å². The Morgan fingerprint density at radius 3 is 2.67 bits per heavy atom. The number of nitrogens with one attached hydrogen (secondary N) is 1. The van der Waals surface area contributed by atoms with E-state index in [9.17, 15) is 0 Å². The minimum absolute atomic E-state index is 0.730. The largest absolute Gasteiger partial charge is 0.397 e. The molecule has 2 rings (SSSR count). The molecule has 0 fully saturated rings. The van der Waals surface area contributed by atoms with Crippen LogP contribution in [0.4, 0.5) is 11.4 Å². The Morgan fingerprint density at radius 2 is 1.93 bits per heavy atom. The lowest BCUT2D eigenvalue weighted by atomic mass is 10.2. The first kappa shape index (κ1) is 9.59. The molecule has 2 heteroatoms. The Morgan fingerprint density at radius 1 is 1.13 bits per heavy atom. The van der Waals surface area contributed by atoms with Crippen molar-refractivity contribution in [1.82, 2.24) is 0 Å². The zero-order chi connectivity index (χ0) is 10.5. The highest BCUT2D eigenvalue weighted by molar-refractivity contribution is 5.65. The highest BCUT2D eigenvalue weighted by Gasteiger charge is 1.96. The Kier molecular flexibility index (Phi) is 2.88. The molecule has 0 unspecified atom stereocenters. The first-order valence-corrected chi connectivity index (χ1v) is 4.89. The first-order chi connectivity index (χ1) is 7.36. The van der Waals surface area contributed by atoms with E-state index in [1.165, 1.54) is 5.56 Å². The summed E-state index contributed by atoms with van der Waals surface area (Å²) in [4.78, 5) is 0. The van der Waals surface area contributed by atoms with Crippen LogP contribution in [0.5, 0.6) is 0 Å². The molecule has 0 spiro atoms. The third kappa shape index (κ3) is 2.50. The van der Waals surface area contributed by atoms with E-state index in [4.69, 9.17) is 5.73 Å². The summed E-state index contributed by atoms with van der Waals surface area (Å²) in [6, 6.07) is 18.7. The normalized spacial score (nSPS) is 9.87. The molecule has 2 aromatic rings. The topological polar surface area (TPSA) is 38.0 Å². The van der Waals surface area contributed by atoms with Crippen LogP contribution < -0.4 is 11.1 Å². The van der Waals surface area contributed by atoms with Gasteiger partial charge in [-0.25, -0.2) is 0 Å². The summed E-state index contributed by atoms with van der Waals surface area (Å²) in [5, 5.41) is 3.28. The van der Waals surface area contributed by atoms with Crippen molar-refractivity contribution in [2.75, 3.05) is 11.1 Å². The summed E-state index contributed by atoms with van der Waals surface area (Å²) in [5.74, 6) is 0. The van der Waals surface area contributed by atoms with Gasteiger partial charge in [0.05, 0.1) is 11.4 Å². The molecule has 0 aliphatic heterocycles. The number of nitrogens with two attached hydrogens (primary N) is 1. The molecule has 75 valence electrons. The van der Waals surface area contributed by atoms with Crippen LogP contribution in [-0.2, 0) is 6.54 Å². The fourth-order valence-electron chi connectivity index (χ4n) is 1.40. The van der Waals surface area contributed by atoms with Crippen LogP contribution in [0, 0.1) is 6.07 Å². The molecule has 0 heterocycles. The standard InChI is InChI=1S/C13H13N2/c14-12-8-4-5-9-13(12)15-10-11-6-2-1-3-7-11/h1-3,5-9,15H,10,14H2. The van der Waals surface area contributed by atoms with Crippen LogP contribution >= 0.6 is 0 Å². The average molecular weight is 197 g/mol. The predicted molar refractivity (Wildman–Crippen MR) is 63.5 cm³/mol. The molecular weight excluding hydrogens is 184 g/mol. The average Bonchev–Trinajstić information content (AvgIpc) is 2.29. The van der Waals surface area contributed by atoms with Gasteiger partial charge in [-0.3, -0.25) is 0 Å². The van der Waals surface area contributed by atoms with Gasteiger partial charge in [0.1, 0.15) is 0 Å². The predicted octanol–water partition coefficient (Wildman–Crippen LogP) is 2.68. The number of rotatable bonds is 3. The van der Waals surface area contributed by atoms with Gasteiger partial charge in [-0.2, -0.15) is 0 Å². The molecule has 0 saturated heterocycles. The maximum atomic E-state index is 5.79. The van der Waals surface area contributed by atoms with E-state index in [2.05, 4.69) is 23.5 Å². The van der Waals surface area contributed by atoms with Crippen molar-refractivity contribution < 1.29 is 0 Å². The van der Waals surface area contributed by atoms with E-state index in [1.54, 1.807) is 6.07 Å². The van der Waals surface area contributed by atoms with E-state index < -0.39 is 0 Å². The fourth-order valence-corrected chi connectivity index (χ4v) is 1.40. The number of anilines is 2. The zero-order valence-corrected chi connectivity index (χ0v) is 8.40. The maximum absolute atomic E-state index is 5.79. The van der Waals surface area contributed by atoms with Crippen molar-refractivity contribution in [3.8, 4) is 0 Å². The number of hydrogen-bond donors (Lipinski definition) is 2. The molecule has 15 heavy (non-hydrogen) atoms. The van der Waals surface area contributed by atoms with Crippen molar-refractivity contribution in [3.63, 3.8) is 0 Å². The third-order valence-electron chi connectivity index (χ3n) is 2.22. The van der Waals surface area contributed by atoms with Crippen LogP contribution in [0.1, 0.15) is 5.56 Å². The van der Waals surface area contributed by atoms with Gasteiger partial charge in [0, 0.05) is 6.54 Å². The number of nitrogen functional groups attached to an aromatic ring is 1. The highest BCUT2D eigenvalue weighted by Crippen LogP contribution is 2.17. The number of hydrogen-bond acceptors (Lipinski definition) is 2. The Balaban J connectivity index is 2.03. The summed E-state index contributed by atoms with van der Waals surface area (Å²) in [6.45, 7) is 0.787. The quantitative estimate of drug-likeness (QED) is 0.742. The molecule has 0 atom stereocenters. The second-order valence-electron chi connectivity index (χ2n) is 3.35. The first-order valence-electron chi connectivity index (χ1n) is 4.89. The summed E-state index contributed by atoms with van der Waals surface area (Å²) >= 11 is 0. The van der Waals surface area contributed by atoms with Gasteiger partial charge < -0.3 is 11.1 Å². The third-order valence-corrected chi connectivity index (χ3v) is 2.22. The summed E-state index contributed by atoms with van der Waals surface area (Å²) < 4.78 is 0. The molecule has 1 radical (unpaired) electrons. The molecular formula is C13H13N2. The lowest BCUT2D eigenvalue weighted by Gasteiger charge is -2.08. The molecule has 0 aliphatic carbocycles. The van der Waals surface area contributed by atoms with E-state index in [0.29, 0.717) is 0 Å². The van der Waals surface area contributed by atoms with Gasteiger partial charge in [-0.05, 0) is 23.8 Å². The van der Waals surface area contributed by atoms with Gasteiger partial charge >= 0.3 is 0 Å². The lowest BCUT2D eigenvalue weighted by Crippen LogP contribution is -2.01. The molecule has 0 aromatic heterocycles. The number of benzene rings is 2. The second kappa shape index (κ2) is 4.51. The van der Waals surface area contributed by atoms with Crippen LogP contribution in [0.25, 0.3) is 0 Å². The summed E-state index contributed by atoms with van der Waals surface area (Å²) in [7, 11) is 0. The highest BCUT2D eigenvalue weighted by atomic mass is 14.9. The van der Waals surface area contributed by atoms with E-state index in [1.807, 2.05) is 30.3 Å². The SMILES string of the molecule is Nc1c[c]ccc1NCc1ccccc1. The summed E-state index contributed by atoms with van der Waals surface area (Å²) in [5.41, 5.74) is 8.72. The van der Waals surface area contributed by atoms with Crippen molar-refractivity contribution >= 4 is 11.4 Å². The van der Waals surface area contributed by atoms with E-state index in [-0.39, 0.29) is 0 Å². The van der Waals surface area contributed by atoms with Crippen molar-refractivity contribution in [3.05, 3.63) is 60.2 Å². The lowest BCUT2D eigenvalue weighted by molar-refractivity contribution is 1.15. The van der Waals surface area contributed by atoms with Gasteiger partial charge in [0.25, 0.3) is 0 Å². The monoisotopic (exact) mass is 197 g/mol. The van der Waals surface area contributed by atoms with Crippen molar-refractivity contribution in [1.29, 1.82) is 0 Å². The Labute approximate surface area is 89.7 Å². The van der Waals surface area contributed by atoms with Crippen LogP contribution in [0.15, 0.2) is 48.5 Å². The molecule has 0 aliphatic rings. The van der Waals surface area contributed by atoms with Crippen LogP contribution in [0.2, 0.25) is 0 Å². The maximum Gasteiger partial charge on any atom is 0.0577 e. The van der Waals surface area contributed by atoms with E-state index >= 15 is 0 Å². The molecule has 2 aromatic carbocycles. The Hall–Kier alpha value is -1.96. The molecule has 0 amide bonds. The second-order valence-corrected chi connectivity index (χ2v) is 3.35. The van der Waals surface area contributed by atoms with Crippen molar-refractivity contribution in [2.24, 2.45) is 0 Å². The molecule has 2 nitrogen and oxygen atoms in total. The minimum atomic E-state index is 0.730. The van der Waals surface area contributed by atoms with Gasteiger partial charge in [0.15, 0.2) is 0 Å². The molecule has 0 bridgehead atoms. The van der Waals surface area contributed by atoms with E-state index in [0.717, 1.165) is 17.9 Å². The van der Waals surface area contributed by atoms with Gasteiger partial charge in [0.2, 0.25) is 0 Å². The van der Waals surface area contributed by atoms with Gasteiger partial charge in [-0.15, -0.1) is 0 Å². The molecule has 3 N–H and O–H groups in total. The smallest absolute Gasteiger partial charge is 0.0577 e.